The molecule has 3 aromatic carbocycles. The highest BCUT2D eigenvalue weighted by Crippen LogP contribution is 2.48. The molecule has 0 aromatic heterocycles. The van der Waals surface area contributed by atoms with Crippen LogP contribution < -0.4 is 21.3 Å². The molecule has 5 rings (SSSR count). The number of piperazine rings is 1. The van der Waals surface area contributed by atoms with E-state index in [9.17, 15) is 4.79 Å². The van der Waals surface area contributed by atoms with Gasteiger partial charge in [-0.2, -0.15) is 0 Å². The summed E-state index contributed by atoms with van der Waals surface area (Å²) in [6.07, 6.45) is 1.88. The van der Waals surface area contributed by atoms with Crippen molar-refractivity contribution in [3.05, 3.63) is 77.4 Å². The molecule has 0 bridgehead atoms. The number of nitrogens with one attached hydrogen (secondary N) is 4. The Morgan fingerprint density at radius 2 is 1.69 bits per heavy atom. The highest BCUT2D eigenvalue weighted by atomic mass is 16.1. The van der Waals surface area contributed by atoms with Gasteiger partial charge >= 0.3 is 0 Å². The summed E-state index contributed by atoms with van der Waals surface area (Å²) in [6, 6.07) is 20.7. The van der Waals surface area contributed by atoms with Gasteiger partial charge in [0.25, 0.3) is 5.91 Å². The van der Waals surface area contributed by atoms with Gasteiger partial charge in [-0.3, -0.25) is 20.9 Å². The summed E-state index contributed by atoms with van der Waals surface area (Å²) in [5.41, 5.74) is 8.88. The van der Waals surface area contributed by atoms with Crippen LogP contribution in [0.4, 0.5) is 5.69 Å². The molecule has 8 nitrogen and oxygen atoms in total. The van der Waals surface area contributed by atoms with Crippen molar-refractivity contribution in [3.63, 3.8) is 0 Å². The second kappa shape index (κ2) is 8.94. The van der Waals surface area contributed by atoms with Crippen LogP contribution in [0.2, 0.25) is 0 Å². The lowest BCUT2D eigenvalue weighted by Gasteiger charge is -2.37. The number of nitrogens with two attached hydrogens (primary N) is 1. The van der Waals surface area contributed by atoms with Gasteiger partial charge in [-0.15, -0.1) is 0 Å². The first-order valence-electron chi connectivity index (χ1n) is 12.0. The fraction of sp³-hybridized carbons (Fsp3) is 0.296. The van der Waals surface area contributed by atoms with Crippen LogP contribution >= 0.6 is 0 Å². The molecule has 2 fully saturated rings. The predicted octanol–water partition coefficient (Wildman–Crippen LogP) is 3.11. The summed E-state index contributed by atoms with van der Waals surface area (Å²) >= 11 is 0. The minimum atomic E-state index is -0.309. The predicted molar refractivity (Wildman–Crippen MR) is 140 cm³/mol. The molecule has 0 unspecified atom stereocenters. The molecule has 1 saturated heterocycles. The number of hydrogen-bond donors (Lipinski definition) is 5. The van der Waals surface area contributed by atoms with E-state index in [1.807, 2.05) is 30.0 Å². The van der Waals surface area contributed by atoms with Crippen LogP contribution in [-0.2, 0) is 5.54 Å². The summed E-state index contributed by atoms with van der Waals surface area (Å²) < 4.78 is 0. The molecular formula is C27H31N7O. The lowest BCUT2D eigenvalue weighted by Crippen LogP contribution is -2.54. The standard InChI is InChI=1S/C27H31N7O/c1-18-9-10-20(33-13-15-34(16-14-33)26(30)31-25(28)29)17-22(18)24(35)32-27(11-12-27)23-8-4-6-19-5-2-3-7-21(19)23/h2-10,17H,11-16H2,1H3,(H,32,35)(H5,28,29,30,31). The van der Waals surface area contributed by atoms with Crippen LogP contribution in [0, 0.1) is 17.7 Å². The van der Waals surface area contributed by atoms with E-state index in [1.54, 1.807) is 0 Å². The molecule has 0 radical (unpaired) electrons. The van der Waals surface area contributed by atoms with Crippen LogP contribution in [0.15, 0.2) is 60.7 Å². The number of guanidine groups is 2. The van der Waals surface area contributed by atoms with Crippen molar-refractivity contribution in [2.24, 2.45) is 5.73 Å². The Kier molecular flexibility index (Phi) is 5.80. The monoisotopic (exact) mass is 469 g/mol. The summed E-state index contributed by atoms with van der Waals surface area (Å²) in [7, 11) is 0. The summed E-state index contributed by atoms with van der Waals surface area (Å²) in [6.45, 7) is 4.68. The largest absolute Gasteiger partial charge is 0.370 e. The van der Waals surface area contributed by atoms with E-state index in [4.69, 9.17) is 16.6 Å². The van der Waals surface area contributed by atoms with Gasteiger partial charge in [-0.25, -0.2) is 0 Å². The average Bonchev–Trinajstić information content (AvgIpc) is 3.64. The Morgan fingerprint density at radius 1 is 0.971 bits per heavy atom. The van der Waals surface area contributed by atoms with Gasteiger partial charge < -0.3 is 20.9 Å². The number of carbonyl (C=O) groups excluding carboxylic acids is 1. The first kappa shape index (κ1) is 22.7. The Hall–Kier alpha value is -4.07. The number of aryl methyl sites for hydroxylation is 1. The van der Waals surface area contributed by atoms with Gasteiger partial charge in [0.2, 0.25) is 0 Å². The molecule has 0 atom stereocenters. The van der Waals surface area contributed by atoms with E-state index in [2.05, 4.69) is 58.0 Å². The van der Waals surface area contributed by atoms with Crippen molar-refractivity contribution < 1.29 is 4.79 Å². The van der Waals surface area contributed by atoms with Crippen LogP contribution in [0.5, 0.6) is 0 Å². The number of anilines is 1. The molecule has 0 spiro atoms. The Bertz CT molecular complexity index is 1300. The normalized spacial score (nSPS) is 16.6. The van der Waals surface area contributed by atoms with Crippen LogP contribution in [0.25, 0.3) is 10.8 Å². The minimum absolute atomic E-state index is 0.0409. The molecule has 6 N–H and O–H groups in total. The van der Waals surface area contributed by atoms with E-state index in [0.29, 0.717) is 31.7 Å². The Morgan fingerprint density at radius 3 is 2.40 bits per heavy atom. The van der Waals surface area contributed by atoms with Crippen LogP contribution in [0.1, 0.15) is 34.3 Å². The van der Waals surface area contributed by atoms with Crippen molar-refractivity contribution in [2.75, 3.05) is 31.1 Å². The quantitative estimate of drug-likeness (QED) is 0.297. The third-order valence-corrected chi connectivity index (χ3v) is 7.09. The minimum Gasteiger partial charge on any atom is -0.370 e. The number of carbonyl (C=O) groups is 1. The van der Waals surface area contributed by atoms with E-state index in [0.717, 1.165) is 24.1 Å². The lowest BCUT2D eigenvalue weighted by atomic mass is 9.96. The number of fused-ring (bicyclic) bond motifs is 1. The highest BCUT2D eigenvalue weighted by Gasteiger charge is 2.46. The van der Waals surface area contributed by atoms with Gasteiger partial charge in [0.05, 0.1) is 5.54 Å². The Balaban J connectivity index is 1.32. The SMILES string of the molecule is Cc1ccc(N2CCN(C(=N)NC(=N)N)CC2)cc1C(=O)NC1(c2cccc3ccccc23)CC1. The Labute approximate surface area is 205 Å². The topological polar surface area (TPSA) is 121 Å². The molecule has 180 valence electrons. The molecule has 1 aliphatic carbocycles. The first-order chi connectivity index (χ1) is 16.9. The zero-order valence-corrected chi connectivity index (χ0v) is 19.9. The molecule has 8 heteroatoms. The van der Waals surface area contributed by atoms with Crippen LogP contribution in [0.3, 0.4) is 0 Å². The van der Waals surface area contributed by atoms with Gasteiger partial charge in [-0.05, 0) is 53.8 Å². The van der Waals surface area contributed by atoms with Gasteiger partial charge in [0, 0.05) is 37.4 Å². The number of nitrogens with zero attached hydrogens (tertiary/aromatic N) is 2. The maximum atomic E-state index is 13.5. The number of amides is 1. The summed E-state index contributed by atoms with van der Waals surface area (Å²) in [4.78, 5) is 17.6. The highest BCUT2D eigenvalue weighted by molar-refractivity contribution is 5.98. The molecule has 1 aliphatic heterocycles. The molecule has 2 aliphatic rings. The van der Waals surface area contributed by atoms with E-state index in [-0.39, 0.29) is 23.4 Å². The molecule has 1 heterocycles. The lowest BCUT2D eigenvalue weighted by molar-refractivity contribution is 0.0930. The third-order valence-electron chi connectivity index (χ3n) is 7.09. The number of benzene rings is 3. The van der Waals surface area contributed by atoms with Crippen molar-refractivity contribution in [3.8, 4) is 0 Å². The van der Waals surface area contributed by atoms with Crippen LogP contribution in [-0.4, -0.2) is 48.9 Å². The molecule has 1 amide bonds. The van der Waals surface area contributed by atoms with E-state index < -0.39 is 0 Å². The molecule has 1 saturated carbocycles. The molecular weight excluding hydrogens is 438 g/mol. The van der Waals surface area contributed by atoms with E-state index >= 15 is 0 Å². The fourth-order valence-electron chi connectivity index (χ4n) is 4.96. The van der Waals surface area contributed by atoms with Gasteiger partial charge in [0.1, 0.15) is 0 Å². The van der Waals surface area contributed by atoms with Gasteiger partial charge in [-0.1, -0.05) is 48.5 Å². The molecule has 3 aromatic rings. The maximum Gasteiger partial charge on any atom is 0.252 e. The second-order valence-corrected chi connectivity index (χ2v) is 9.42. The first-order valence-corrected chi connectivity index (χ1v) is 12.0. The van der Waals surface area contributed by atoms with Gasteiger partial charge in [0.15, 0.2) is 11.9 Å². The van der Waals surface area contributed by atoms with Crippen molar-refractivity contribution in [1.29, 1.82) is 10.8 Å². The zero-order valence-electron chi connectivity index (χ0n) is 19.9. The summed E-state index contributed by atoms with van der Waals surface area (Å²) in [5, 5.41) is 23.7. The third kappa shape index (κ3) is 4.51. The van der Waals surface area contributed by atoms with Crippen molar-refractivity contribution >= 4 is 34.3 Å². The van der Waals surface area contributed by atoms with Crippen molar-refractivity contribution in [1.82, 2.24) is 15.5 Å². The second-order valence-electron chi connectivity index (χ2n) is 9.42. The summed E-state index contributed by atoms with van der Waals surface area (Å²) in [5.74, 6) is -0.131. The molecule has 35 heavy (non-hydrogen) atoms. The number of hydrogen-bond acceptors (Lipinski definition) is 4. The fourth-order valence-corrected chi connectivity index (χ4v) is 4.96. The maximum absolute atomic E-state index is 13.5. The average molecular weight is 470 g/mol. The van der Waals surface area contributed by atoms with E-state index in [1.165, 1.54) is 16.3 Å². The van der Waals surface area contributed by atoms with Crippen molar-refractivity contribution in [2.45, 2.75) is 25.3 Å². The zero-order chi connectivity index (χ0) is 24.6. The number of rotatable bonds is 4. The smallest absolute Gasteiger partial charge is 0.252 e.